The molecule has 0 N–H and O–H groups in total. The summed E-state index contributed by atoms with van der Waals surface area (Å²) in [5, 5.41) is 8.39. The van der Waals surface area contributed by atoms with E-state index in [1.807, 2.05) is 0 Å². The Bertz CT molecular complexity index is 1090. The first-order valence-electron chi connectivity index (χ1n) is 10.8. The van der Waals surface area contributed by atoms with Crippen LogP contribution >= 0.6 is 35.6 Å². The highest BCUT2D eigenvalue weighted by molar-refractivity contribution is 7.89. The third kappa shape index (κ3) is 5.55. The van der Waals surface area contributed by atoms with Gasteiger partial charge in [0.05, 0.1) is 11.2 Å². The minimum absolute atomic E-state index is 0. The molecule has 1 aliphatic heterocycles. The summed E-state index contributed by atoms with van der Waals surface area (Å²) in [5.41, 5.74) is 0.431. The zero-order chi connectivity index (χ0) is 22.9. The van der Waals surface area contributed by atoms with Crippen molar-refractivity contribution in [3.8, 4) is 0 Å². The molecular weight excluding hydrogens is 509 g/mol. The van der Waals surface area contributed by atoms with Crippen LogP contribution in [0.15, 0.2) is 29.4 Å². The maximum Gasteiger partial charge on any atom is 0.264 e. The summed E-state index contributed by atoms with van der Waals surface area (Å²) in [4.78, 5) is 15.2. The number of carbonyl (C=O) groups is 1. The fraction of sp³-hybridized carbons (Fsp3) is 0.571. The van der Waals surface area contributed by atoms with Gasteiger partial charge in [0.15, 0.2) is 5.78 Å². The highest BCUT2D eigenvalue weighted by atomic mass is 35.5. The zero-order valence-corrected chi connectivity index (χ0v) is 21.6. The molecule has 0 radical (unpaired) electrons. The summed E-state index contributed by atoms with van der Waals surface area (Å²) in [7, 11) is -2.00. The van der Waals surface area contributed by atoms with Crippen LogP contribution in [0.4, 0.5) is 0 Å². The van der Waals surface area contributed by atoms with Crippen LogP contribution in [-0.2, 0) is 17.1 Å². The number of carbonyl (C=O) groups excluding carboxylic acids is 1. The van der Waals surface area contributed by atoms with Gasteiger partial charge in [-0.1, -0.05) is 41.3 Å². The molecule has 4 rings (SSSR count). The van der Waals surface area contributed by atoms with Gasteiger partial charge in [-0.25, -0.2) is 8.42 Å². The second-order valence-corrected chi connectivity index (χ2v) is 11.3. The molecule has 12 heteroatoms. The lowest BCUT2D eigenvalue weighted by molar-refractivity contribution is 0.0476. The quantitative estimate of drug-likeness (QED) is 0.500. The van der Waals surface area contributed by atoms with E-state index < -0.39 is 10.0 Å². The van der Waals surface area contributed by atoms with Crippen molar-refractivity contribution in [3.05, 3.63) is 40.0 Å². The summed E-state index contributed by atoms with van der Waals surface area (Å²) in [5.74, 6) is 0.0156. The topological polar surface area (TPSA) is 88.4 Å². The Labute approximate surface area is 210 Å². The number of Topliss-reactive ketones (excluding diaryl/α,β-unsaturated/α-hetero) is 1. The van der Waals surface area contributed by atoms with Gasteiger partial charge in [0, 0.05) is 55.8 Å². The van der Waals surface area contributed by atoms with E-state index in [9.17, 15) is 13.2 Å². The number of nitrogens with zero attached hydrogens (tertiary/aromatic N) is 5. The summed E-state index contributed by atoms with van der Waals surface area (Å²) < 4.78 is 28.6. The summed E-state index contributed by atoms with van der Waals surface area (Å²) >= 11 is 12.2. The first-order valence-corrected chi connectivity index (χ1v) is 13.0. The van der Waals surface area contributed by atoms with Crippen LogP contribution in [0.5, 0.6) is 0 Å². The molecule has 1 aliphatic carbocycles. The predicted molar refractivity (Wildman–Crippen MR) is 130 cm³/mol. The van der Waals surface area contributed by atoms with Crippen LogP contribution in [-0.4, -0.2) is 70.1 Å². The van der Waals surface area contributed by atoms with Gasteiger partial charge in [-0.15, -0.1) is 17.5 Å². The van der Waals surface area contributed by atoms with Gasteiger partial charge in [-0.2, -0.15) is 4.31 Å². The average molecular weight is 537 g/mol. The van der Waals surface area contributed by atoms with Gasteiger partial charge < -0.3 is 0 Å². The first-order chi connectivity index (χ1) is 15.2. The van der Waals surface area contributed by atoms with Crippen molar-refractivity contribution in [2.45, 2.75) is 49.1 Å². The Kier molecular flexibility index (Phi) is 8.46. The molecule has 2 aliphatic rings. The number of halogens is 3. The van der Waals surface area contributed by atoms with E-state index >= 15 is 0 Å². The number of benzene rings is 1. The molecule has 1 saturated heterocycles. The summed E-state index contributed by atoms with van der Waals surface area (Å²) in [6.45, 7) is 2.07. The van der Waals surface area contributed by atoms with E-state index in [0.29, 0.717) is 48.2 Å². The number of aryl methyl sites for hydroxylation is 1. The predicted octanol–water partition coefficient (Wildman–Crippen LogP) is 3.83. The van der Waals surface area contributed by atoms with Crippen LogP contribution < -0.4 is 0 Å². The lowest BCUT2D eigenvalue weighted by Crippen LogP contribution is -2.57. The molecule has 182 valence electrons. The van der Waals surface area contributed by atoms with Gasteiger partial charge >= 0.3 is 0 Å². The van der Waals surface area contributed by atoms with Crippen LogP contribution in [0.2, 0.25) is 10.0 Å². The molecule has 0 atom stereocenters. The fourth-order valence-corrected chi connectivity index (χ4v) is 6.78. The molecule has 0 amide bonds. The van der Waals surface area contributed by atoms with E-state index in [1.54, 1.807) is 25.2 Å². The molecule has 2 aromatic rings. The number of hydrogen-bond donors (Lipinski definition) is 0. The van der Waals surface area contributed by atoms with Crippen molar-refractivity contribution in [1.29, 1.82) is 0 Å². The Morgan fingerprint density at radius 3 is 2.36 bits per heavy atom. The molecule has 0 bridgehead atoms. The van der Waals surface area contributed by atoms with Crippen molar-refractivity contribution < 1.29 is 13.2 Å². The van der Waals surface area contributed by atoms with Crippen molar-refractivity contribution >= 4 is 51.4 Å². The smallest absolute Gasteiger partial charge is 0.264 e. The average Bonchev–Trinajstić information content (AvgIpc) is 3.42. The van der Waals surface area contributed by atoms with E-state index in [0.717, 1.165) is 32.1 Å². The minimum Gasteiger partial charge on any atom is -0.295 e. The molecule has 8 nitrogen and oxygen atoms in total. The maximum atomic E-state index is 12.9. The van der Waals surface area contributed by atoms with Crippen LogP contribution in [0, 0.1) is 0 Å². The Balaban J connectivity index is 0.00000306. The summed E-state index contributed by atoms with van der Waals surface area (Å²) in [6.07, 6.45) is 6.84. The second-order valence-electron chi connectivity index (χ2n) is 8.60. The number of rotatable bonds is 7. The Morgan fingerprint density at radius 2 is 1.79 bits per heavy atom. The molecule has 1 aromatic carbocycles. The number of aromatic nitrogens is 3. The second kappa shape index (κ2) is 10.6. The molecule has 1 saturated carbocycles. The third-order valence-corrected chi connectivity index (χ3v) is 8.99. The van der Waals surface area contributed by atoms with Crippen molar-refractivity contribution in [3.63, 3.8) is 0 Å². The number of ketones is 1. The molecule has 0 spiro atoms. The van der Waals surface area contributed by atoms with Crippen LogP contribution in [0.1, 0.15) is 48.9 Å². The fourth-order valence-electron chi connectivity index (χ4n) is 4.93. The number of piperazine rings is 1. The Hall–Kier alpha value is -1.23. The lowest BCUT2D eigenvalue weighted by atomic mass is 9.87. The van der Waals surface area contributed by atoms with Crippen molar-refractivity contribution in [2.24, 2.45) is 7.05 Å². The largest absolute Gasteiger partial charge is 0.295 e. The third-order valence-electron chi connectivity index (χ3n) is 6.68. The van der Waals surface area contributed by atoms with E-state index in [1.165, 1.54) is 15.2 Å². The van der Waals surface area contributed by atoms with Crippen LogP contribution in [0.25, 0.3) is 0 Å². The van der Waals surface area contributed by atoms with Crippen molar-refractivity contribution in [2.75, 3.05) is 26.2 Å². The highest BCUT2D eigenvalue weighted by Crippen LogP contribution is 2.40. The standard InChI is InChI=1S/C21H27Cl2N5O3S.ClH/c1-26-15-20(24-25-26)32(30,31)28-12-10-27(11-13-28)21(7-2-3-8-21)9-6-19(29)17-5-4-16(22)14-18(17)23;/h4-5,14-15H,2-3,6-13H2,1H3;1H. The minimum atomic E-state index is -3.65. The van der Waals surface area contributed by atoms with Crippen LogP contribution in [0.3, 0.4) is 0 Å². The summed E-state index contributed by atoms with van der Waals surface area (Å²) in [6, 6.07) is 4.96. The van der Waals surface area contributed by atoms with Crippen molar-refractivity contribution in [1.82, 2.24) is 24.2 Å². The number of hydrogen-bond acceptors (Lipinski definition) is 6. The first kappa shape index (κ1) is 26.4. The molecule has 1 aromatic heterocycles. The highest BCUT2D eigenvalue weighted by Gasteiger charge is 2.42. The monoisotopic (exact) mass is 535 g/mol. The molecule has 2 heterocycles. The van der Waals surface area contributed by atoms with E-state index in [2.05, 4.69) is 15.2 Å². The normalized spacial score (nSPS) is 19.4. The van der Waals surface area contributed by atoms with Gasteiger partial charge in [0.25, 0.3) is 10.0 Å². The van der Waals surface area contributed by atoms with Gasteiger partial charge in [0.2, 0.25) is 5.03 Å². The molecule has 33 heavy (non-hydrogen) atoms. The van der Waals surface area contributed by atoms with Gasteiger partial charge in [0.1, 0.15) is 0 Å². The Morgan fingerprint density at radius 1 is 1.12 bits per heavy atom. The molecular formula is C21H28Cl3N5O3S. The van der Waals surface area contributed by atoms with Gasteiger partial charge in [-0.05, 0) is 37.5 Å². The number of sulfonamides is 1. The maximum absolute atomic E-state index is 12.9. The lowest BCUT2D eigenvalue weighted by Gasteiger charge is -2.45. The molecule has 2 fully saturated rings. The van der Waals surface area contributed by atoms with E-state index in [-0.39, 0.29) is 28.8 Å². The van der Waals surface area contributed by atoms with Gasteiger partial charge in [-0.3, -0.25) is 14.4 Å². The SMILES string of the molecule is Cl.Cn1cc(S(=O)(=O)N2CCN(C3(CCC(=O)c4ccc(Cl)cc4Cl)CCCC3)CC2)nn1. The van der Waals surface area contributed by atoms with E-state index in [4.69, 9.17) is 23.2 Å². The zero-order valence-electron chi connectivity index (χ0n) is 18.4. The molecule has 0 unspecified atom stereocenters.